The Kier molecular flexibility index (Phi) is 9.25. The SMILES string of the molecule is C=CCOc1ccc([C@H]2C(C(=O)OCC)=C(C)N=c3s/c(=C\c4cc(I)c(OC(C)=O)c(OC)c4)c(=O)n32)cc1. The van der Waals surface area contributed by atoms with Gasteiger partial charge in [0, 0.05) is 6.92 Å². The molecule has 2 heterocycles. The van der Waals surface area contributed by atoms with E-state index in [1.807, 2.05) is 34.7 Å². The van der Waals surface area contributed by atoms with Crippen molar-refractivity contribution in [2.45, 2.75) is 26.8 Å². The second-order valence-corrected chi connectivity index (χ2v) is 10.8. The Morgan fingerprint density at radius 2 is 1.95 bits per heavy atom. The Morgan fingerprint density at radius 1 is 1.23 bits per heavy atom. The highest BCUT2D eigenvalue weighted by Gasteiger charge is 2.33. The Bertz CT molecular complexity index is 1690. The molecule has 1 aromatic heterocycles. The van der Waals surface area contributed by atoms with E-state index in [0.29, 0.717) is 59.2 Å². The Labute approximate surface area is 248 Å². The van der Waals surface area contributed by atoms with Crippen LogP contribution in [0.2, 0.25) is 0 Å². The lowest BCUT2D eigenvalue weighted by molar-refractivity contribution is -0.139. The molecular formula is C29H27IN2O7S. The van der Waals surface area contributed by atoms with Gasteiger partial charge in [-0.1, -0.05) is 36.1 Å². The third kappa shape index (κ3) is 6.04. The van der Waals surface area contributed by atoms with Gasteiger partial charge >= 0.3 is 11.9 Å². The smallest absolute Gasteiger partial charge is 0.338 e. The minimum absolute atomic E-state index is 0.185. The minimum atomic E-state index is -0.744. The van der Waals surface area contributed by atoms with E-state index in [4.69, 9.17) is 18.9 Å². The standard InChI is InChI=1S/C29H27IN2O7S/c1-6-12-38-20-10-8-19(9-11-20)25-24(28(35)37-7-2)16(3)31-29-32(25)27(34)23(40-29)15-18-13-21(30)26(39-17(4)33)22(14-18)36-5/h6,8-11,13-15,25H,1,7,12H2,2-5H3/b23-15-/t25-/m0/s1. The van der Waals surface area contributed by atoms with Crippen molar-refractivity contribution in [3.8, 4) is 17.2 Å². The minimum Gasteiger partial charge on any atom is -0.493 e. The van der Waals surface area contributed by atoms with Crippen LogP contribution >= 0.6 is 33.9 Å². The van der Waals surface area contributed by atoms with Gasteiger partial charge in [0.2, 0.25) is 0 Å². The van der Waals surface area contributed by atoms with Crippen molar-refractivity contribution in [3.63, 3.8) is 0 Å². The number of fused-ring (bicyclic) bond motifs is 1. The molecule has 0 spiro atoms. The third-order valence-corrected chi connectivity index (χ3v) is 7.66. The van der Waals surface area contributed by atoms with Crippen molar-refractivity contribution in [1.29, 1.82) is 0 Å². The number of nitrogens with zero attached hydrogens (tertiary/aromatic N) is 2. The van der Waals surface area contributed by atoms with Gasteiger partial charge in [-0.3, -0.25) is 14.2 Å². The van der Waals surface area contributed by atoms with Gasteiger partial charge in [0.25, 0.3) is 5.56 Å². The summed E-state index contributed by atoms with van der Waals surface area (Å²) in [6.45, 7) is 8.98. The molecule has 0 unspecified atom stereocenters. The molecule has 1 aliphatic rings. The molecule has 9 nitrogen and oxygen atoms in total. The number of halogens is 1. The third-order valence-electron chi connectivity index (χ3n) is 5.88. The lowest BCUT2D eigenvalue weighted by Gasteiger charge is -2.24. The lowest BCUT2D eigenvalue weighted by atomic mass is 9.96. The molecule has 11 heteroatoms. The number of aromatic nitrogens is 1. The number of hydrogen-bond donors (Lipinski definition) is 0. The number of esters is 2. The van der Waals surface area contributed by atoms with Gasteiger partial charge in [-0.25, -0.2) is 9.79 Å². The van der Waals surface area contributed by atoms with Crippen LogP contribution in [0.5, 0.6) is 17.2 Å². The first-order chi connectivity index (χ1) is 19.2. The van der Waals surface area contributed by atoms with Gasteiger partial charge in [0.1, 0.15) is 12.4 Å². The van der Waals surface area contributed by atoms with E-state index in [1.165, 1.54) is 29.9 Å². The van der Waals surface area contributed by atoms with Crippen molar-refractivity contribution < 1.29 is 28.5 Å². The summed E-state index contributed by atoms with van der Waals surface area (Å²) < 4.78 is 24.2. The molecule has 0 N–H and O–H groups in total. The molecule has 40 heavy (non-hydrogen) atoms. The maximum absolute atomic E-state index is 13.9. The van der Waals surface area contributed by atoms with Crippen LogP contribution in [0.25, 0.3) is 6.08 Å². The fraction of sp³-hybridized carbons (Fsp3) is 0.241. The first-order valence-corrected chi connectivity index (χ1v) is 14.2. The van der Waals surface area contributed by atoms with Gasteiger partial charge in [0.15, 0.2) is 16.3 Å². The Morgan fingerprint density at radius 3 is 2.58 bits per heavy atom. The van der Waals surface area contributed by atoms with Crippen LogP contribution in [0.1, 0.15) is 37.9 Å². The summed E-state index contributed by atoms with van der Waals surface area (Å²) in [4.78, 5) is 43.5. The molecule has 0 saturated heterocycles. The monoisotopic (exact) mass is 674 g/mol. The molecule has 0 bridgehead atoms. The number of rotatable bonds is 9. The normalized spacial score (nSPS) is 14.7. The van der Waals surface area contributed by atoms with Gasteiger partial charge < -0.3 is 18.9 Å². The largest absolute Gasteiger partial charge is 0.493 e. The quantitative estimate of drug-likeness (QED) is 0.147. The van der Waals surface area contributed by atoms with Crippen LogP contribution in [-0.2, 0) is 14.3 Å². The predicted molar refractivity (Wildman–Crippen MR) is 160 cm³/mol. The topological polar surface area (TPSA) is 105 Å². The maximum atomic E-state index is 13.9. The summed E-state index contributed by atoms with van der Waals surface area (Å²) in [7, 11) is 1.48. The molecule has 3 aromatic rings. The Balaban J connectivity index is 1.88. The average molecular weight is 675 g/mol. The second-order valence-electron chi connectivity index (χ2n) is 8.60. The number of thiazole rings is 1. The zero-order valence-electron chi connectivity index (χ0n) is 22.4. The lowest BCUT2D eigenvalue weighted by Crippen LogP contribution is -2.39. The van der Waals surface area contributed by atoms with E-state index in [9.17, 15) is 14.4 Å². The summed E-state index contributed by atoms with van der Waals surface area (Å²) in [5, 5.41) is 0. The molecule has 1 aliphatic heterocycles. The molecule has 0 fully saturated rings. The fourth-order valence-electron chi connectivity index (χ4n) is 4.23. The van der Waals surface area contributed by atoms with Crippen molar-refractivity contribution in [2.24, 2.45) is 4.99 Å². The first-order valence-electron chi connectivity index (χ1n) is 12.3. The zero-order chi connectivity index (χ0) is 29.0. The van der Waals surface area contributed by atoms with Crippen LogP contribution in [0.15, 0.2) is 70.1 Å². The number of benzene rings is 2. The van der Waals surface area contributed by atoms with Gasteiger partial charge in [-0.15, -0.1) is 0 Å². The van der Waals surface area contributed by atoms with Gasteiger partial charge in [0.05, 0.1) is 39.1 Å². The number of carbonyl (C=O) groups is 2. The second kappa shape index (κ2) is 12.6. The molecule has 1 atom stereocenters. The summed E-state index contributed by atoms with van der Waals surface area (Å²) in [6, 6.07) is 9.93. The van der Waals surface area contributed by atoms with E-state index >= 15 is 0 Å². The number of methoxy groups -OCH3 is 1. The van der Waals surface area contributed by atoms with E-state index in [0.717, 1.165) is 0 Å². The van der Waals surface area contributed by atoms with Crippen molar-refractivity contribution in [1.82, 2.24) is 4.57 Å². The van der Waals surface area contributed by atoms with Gasteiger partial charge in [-0.2, -0.15) is 0 Å². The molecule has 0 aliphatic carbocycles. The summed E-state index contributed by atoms with van der Waals surface area (Å²) in [5.74, 6) is 0.304. The van der Waals surface area contributed by atoms with Crippen molar-refractivity contribution in [2.75, 3.05) is 20.3 Å². The van der Waals surface area contributed by atoms with Crippen molar-refractivity contribution >= 4 is 51.9 Å². The summed E-state index contributed by atoms with van der Waals surface area (Å²) in [5.41, 5.74) is 1.84. The predicted octanol–water partition coefficient (Wildman–Crippen LogP) is 3.90. The highest BCUT2D eigenvalue weighted by molar-refractivity contribution is 14.1. The van der Waals surface area contributed by atoms with Crippen LogP contribution in [0.3, 0.4) is 0 Å². The van der Waals surface area contributed by atoms with Crippen molar-refractivity contribution in [3.05, 3.63) is 94.7 Å². The van der Waals surface area contributed by atoms with E-state index < -0.39 is 18.0 Å². The molecule has 2 aromatic carbocycles. The molecule has 0 radical (unpaired) electrons. The average Bonchev–Trinajstić information content (AvgIpc) is 3.22. The molecule has 4 rings (SSSR count). The fourth-order valence-corrected chi connectivity index (χ4v) is 6.01. The summed E-state index contributed by atoms with van der Waals surface area (Å²) in [6.07, 6.45) is 3.37. The summed E-state index contributed by atoms with van der Waals surface area (Å²) >= 11 is 3.26. The van der Waals surface area contributed by atoms with E-state index in [1.54, 1.807) is 50.3 Å². The maximum Gasteiger partial charge on any atom is 0.338 e. The highest BCUT2D eigenvalue weighted by atomic mass is 127. The number of carbonyl (C=O) groups excluding carboxylic acids is 2. The van der Waals surface area contributed by atoms with Gasteiger partial charge in [-0.05, 0) is 77.9 Å². The highest BCUT2D eigenvalue weighted by Crippen LogP contribution is 2.35. The molecular weight excluding hydrogens is 647 g/mol. The van der Waals surface area contributed by atoms with E-state index in [2.05, 4.69) is 11.6 Å². The molecule has 208 valence electrons. The number of hydrogen-bond acceptors (Lipinski definition) is 9. The number of allylic oxidation sites excluding steroid dienone is 1. The Hall–Kier alpha value is -3.71. The van der Waals surface area contributed by atoms with E-state index in [-0.39, 0.29) is 12.2 Å². The van der Waals surface area contributed by atoms with Crippen LogP contribution in [0, 0.1) is 3.57 Å². The van der Waals surface area contributed by atoms with Crippen LogP contribution < -0.4 is 29.1 Å². The molecule has 0 saturated carbocycles. The van der Waals surface area contributed by atoms with Crippen LogP contribution in [0.4, 0.5) is 0 Å². The first kappa shape index (κ1) is 29.3. The zero-order valence-corrected chi connectivity index (χ0v) is 25.3. The van der Waals surface area contributed by atoms with Crippen LogP contribution in [-0.4, -0.2) is 36.8 Å². The number of ether oxygens (including phenoxy) is 4. The molecule has 0 amide bonds.